The van der Waals surface area contributed by atoms with Crippen molar-refractivity contribution in [3.63, 3.8) is 0 Å². The fourth-order valence-corrected chi connectivity index (χ4v) is 2.84. The molecule has 0 fully saturated rings. The van der Waals surface area contributed by atoms with Crippen LogP contribution in [0.5, 0.6) is 5.75 Å². The number of aryl methyl sites for hydroxylation is 2. The zero-order chi connectivity index (χ0) is 20.3. The van der Waals surface area contributed by atoms with Gasteiger partial charge in [-0.3, -0.25) is 4.79 Å². The van der Waals surface area contributed by atoms with E-state index in [4.69, 9.17) is 9.15 Å². The summed E-state index contributed by atoms with van der Waals surface area (Å²) in [5.74, 6) is -1.85. The number of carbonyl (C=O) groups is 2. The summed E-state index contributed by atoms with van der Waals surface area (Å²) in [4.78, 5) is 35.2. The molecule has 0 spiro atoms. The van der Waals surface area contributed by atoms with Gasteiger partial charge in [0.1, 0.15) is 11.3 Å². The number of carboxylic acid groups (broad SMARTS) is 1. The average Bonchev–Trinajstić information content (AvgIpc) is 2.60. The zero-order valence-corrected chi connectivity index (χ0v) is 16.1. The van der Waals surface area contributed by atoms with Gasteiger partial charge in [-0.25, -0.2) is 4.79 Å². The molecule has 27 heavy (non-hydrogen) atoms. The minimum Gasteiger partial charge on any atom is -0.548 e. The van der Waals surface area contributed by atoms with Crippen LogP contribution in [0.1, 0.15) is 38.8 Å². The summed E-state index contributed by atoms with van der Waals surface area (Å²) in [7, 11) is 0. The molecule has 7 nitrogen and oxygen atoms in total. The third-order valence-electron chi connectivity index (χ3n) is 4.47. The number of rotatable bonds is 7. The molecular weight excluding hydrogens is 350 g/mol. The highest BCUT2D eigenvalue weighted by Crippen LogP contribution is 2.29. The summed E-state index contributed by atoms with van der Waals surface area (Å²) < 4.78 is 11.0. The van der Waals surface area contributed by atoms with Crippen molar-refractivity contribution in [1.29, 1.82) is 0 Å². The maximum Gasteiger partial charge on any atom is 0.336 e. The first-order chi connectivity index (χ1) is 12.6. The molecule has 1 heterocycles. The van der Waals surface area contributed by atoms with Crippen LogP contribution in [0.3, 0.4) is 0 Å². The van der Waals surface area contributed by atoms with Gasteiger partial charge in [0.15, 0.2) is 6.10 Å². The lowest BCUT2D eigenvalue weighted by atomic mass is 10.0. The lowest BCUT2D eigenvalue weighted by molar-refractivity contribution is -0.309. The predicted octanol–water partition coefficient (Wildman–Crippen LogP) is 1.32. The molecule has 2 rings (SSSR count). The molecule has 2 aromatic rings. The first-order valence-corrected chi connectivity index (χ1v) is 8.89. The Kier molecular flexibility index (Phi) is 6.25. The Morgan fingerprint density at radius 3 is 2.48 bits per heavy atom. The highest BCUT2D eigenvalue weighted by molar-refractivity contribution is 5.87. The van der Waals surface area contributed by atoms with E-state index >= 15 is 0 Å². The molecule has 146 valence electrons. The third-order valence-corrected chi connectivity index (χ3v) is 4.47. The van der Waals surface area contributed by atoms with Crippen LogP contribution in [0.2, 0.25) is 0 Å². The number of hydrogen-bond donors (Lipinski definition) is 1. The molecule has 0 aliphatic rings. The number of hydrogen-bond acceptors (Lipinski definition) is 6. The molecule has 7 heteroatoms. The smallest absolute Gasteiger partial charge is 0.336 e. The number of nitrogens with one attached hydrogen (secondary N) is 1. The van der Waals surface area contributed by atoms with E-state index in [2.05, 4.69) is 5.32 Å². The molecule has 1 N–H and O–H groups in total. The number of benzene rings is 1. The van der Waals surface area contributed by atoms with Gasteiger partial charge in [0.05, 0.1) is 12.0 Å². The van der Waals surface area contributed by atoms with E-state index in [1.54, 1.807) is 32.9 Å². The third kappa shape index (κ3) is 4.48. The van der Waals surface area contributed by atoms with E-state index in [-0.39, 0.29) is 5.92 Å². The van der Waals surface area contributed by atoms with E-state index in [1.807, 2.05) is 6.92 Å². The molecule has 1 aromatic carbocycles. The summed E-state index contributed by atoms with van der Waals surface area (Å²) in [6.07, 6.45) is -0.261. The number of carbonyl (C=O) groups excluding carboxylic acids is 2. The lowest BCUT2D eigenvalue weighted by Gasteiger charge is -2.25. The van der Waals surface area contributed by atoms with Crippen molar-refractivity contribution in [2.75, 3.05) is 0 Å². The van der Waals surface area contributed by atoms with Crippen LogP contribution >= 0.6 is 0 Å². The second kappa shape index (κ2) is 8.24. The molecule has 0 saturated carbocycles. The Bertz CT molecular complexity index is 915. The van der Waals surface area contributed by atoms with Crippen LogP contribution in [-0.4, -0.2) is 24.0 Å². The van der Waals surface area contributed by atoms with Gasteiger partial charge < -0.3 is 24.4 Å². The lowest BCUT2D eigenvalue weighted by Crippen LogP contribution is -2.53. The predicted molar refractivity (Wildman–Crippen MR) is 98.5 cm³/mol. The van der Waals surface area contributed by atoms with Crippen LogP contribution in [0.4, 0.5) is 0 Å². The SMILES string of the molecule is CCc1cc(=O)oc2c(C)c(O[C@H](C)C(=O)N[C@H](C(=O)[O-])C(C)C)ccc12. The number of amides is 1. The van der Waals surface area contributed by atoms with Crippen LogP contribution in [0, 0.1) is 12.8 Å². The fraction of sp³-hybridized carbons (Fsp3) is 0.450. The van der Waals surface area contributed by atoms with Crippen molar-refractivity contribution in [2.24, 2.45) is 5.92 Å². The second-order valence-electron chi connectivity index (χ2n) is 6.82. The van der Waals surface area contributed by atoms with Crippen LogP contribution in [0.25, 0.3) is 11.0 Å². The molecule has 0 saturated heterocycles. The van der Waals surface area contributed by atoms with E-state index in [9.17, 15) is 19.5 Å². The number of fused-ring (bicyclic) bond motifs is 1. The molecule has 2 atom stereocenters. The first kappa shape index (κ1) is 20.5. The molecule has 0 unspecified atom stereocenters. The van der Waals surface area contributed by atoms with E-state index in [1.165, 1.54) is 13.0 Å². The molecule has 0 bridgehead atoms. The molecule has 0 aliphatic heterocycles. The van der Waals surface area contributed by atoms with E-state index in [0.717, 1.165) is 10.9 Å². The average molecular weight is 374 g/mol. The number of carboxylic acids is 1. The molecule has 1 aromatic heterocycles. The minimum absolute atomic E-state index is 0.324. The van der Waals surface area contributed by atoms with Crippen molar-refractivity contribution in [3.05, 3.63) is 39.7 Å². The Balaban J connectivity index is 2.27. The van der Waals surface area contributed by atoms with Crippen LogP contribution < -0.4 is 20.8 Å². The minimum atomic E-state index is -1.35. The van der Waals surface area contributed by atoms with Crippen LogP contribution in [-0.2, 0) is 16.0 Å². The number of aliphatic carboxylic acids is 1. The van der Waals surface area contributed by atoms with Crippen molar-refractivity contribution >= 4 is 22.8 Å². The van der Waals surface area contributed by atoms with Gasteiger partial charge in [0.25, 0.3) is 5.91 Å². The van der Waals surface area contributed by atoms with Gasteiger partial charge in [-0.2, -0.15) is 0 Å². The molecule has 0 aliphatic carbocycles. The van der Waals surface area contributed by atoms with Crippen LogP contribution in [0.15, 0.2) is 27.4 Å². The Labute approximate surface area is 157 Å². The highest BCUT2D eigenvalue weighted by atomic mass is 16.5. The standard InChI is InChI=1S/C20H25NO6/c1-6-13-9-16(22)27-18-11(4)15(8-7-14(13)18)26-12(5)19(23)21-17(10(2)3)20(24)25/h7-10,12,17H,6H2,1-5H3,(H,21,23)(H,24,25)/p-1/t12-,17+/m1/s1. The van der Waals surface area contributed by atoms with Gasteiger partial charge in [-0.15, -0.1) is 0 Å². The van der Waals surface area contributed by atoms with Gasteiger partial charge in [0, 0.05) is 17.0 Å². The van der Waals surface area contributed by atoms with Gasteiger partial charge in [0.2, 0.25) is 0 Å². The topological polar surface area (TPSA) is 109 Å². The second-order valence-corrected chi connectivity index (χ2v) is 6.82. The largest absolute Gasteiger partial charge is 0.548 e. The normalized spacial score (nSPS) is 13.4. The maximum atomic E-state index is 12.3. The fourth-order valence-electron chi connectivity index (χ4n) is 2.84. The van der Waals surface area contributed by atoms with E-state index < -0.39 is 29.6 Å². The quantitative estimate of drug-likeness (QED) is 0.732. The monoisotopic (exact) mass is 374 g/mol. The summed E-state index contributed by atoms with van der Waals surface area (Å²) in [6, 6.07) is 3.85. The number of ether oxygens (including phenoxy) is 1. The maximum absolute atomic E-state index is 12.3. The molecule has 0 radical (unpaired) electrons. The van der Waals surface area contributed by atoms with Crippen molar-refractivity contribution in [2.45, 2.75) is 53.2 Å². The van der Waals surface area contributed by atoms with Crippen molar-refractivity contribution in [1.82, 2.24) is 5.32 Å². The Morgan fingerprint density at radius 2 is 1.93 bits per heavy atom. The molecular formula is C20H24NO6-. The van der Waals surface area contributed by atoms with Gasteiger partial charge in [-0.1, -0.05) is 20.8 Å². The van der Waals surface area contributed by atoms with Crippen molar-refractivity contribution in [3.8, 4) is 5.75 Å². The van der Waals surface area contributed by atoms with Crippen molar-refractivity contribution < 1.29 is 23.8 Å². The van der Waals surface area contributed by atoms with Gasteiger partial charge >= 0.3 is 5.63 Å². The summed E-state index contributed by atoms with van der Waals surface area (Å²) in [5.41, 5.74) is 1.44. The summed E-state index contributed by atoms with van der Waals surface area (Å²) in [5, 5.41) is 14.4. The van der Waals surface area contributed by atoms with E-state index in [0.29, 0.717) is 23.3 Å². The van der Waals surface area contributed by atoms with Gasteiger partial charge in [-0.05, 0) is 43.9 Å². The Hall–Kier alpha value is -2.83. The summed E-state index contributed by atoms with van der Waals surface area (Å²) >= 11 is 0. The summed E-state index contributed by atoms with van der Waals surface area (Å²) in [6.45, 7) is 8.55. The molecule has 1 amide bonds. The zero-order valence-electron chi connectivity index (χ0n) is 16.1. The highest BCUT2D eigenvalue weighted by Gasteiger charge is 2.23. The first-order valence-electron chi connectivity index (χ1n) is 8.89. The Morgan fingerprint density at radius 1 is 1.26 bits per heavy atom.